The van der Waals surface area contributed by atoms with Crippen LogP contribution in [0.15, 0.2) is 30.3 Å². The van der Waals surface area contributed by atoms with Crippen LogP contribution < -0.4 is 5.32 Å². The standard InChI is InChI=1S/C21H32N2O2/c1-3-21(10-13-25-14-11-21)20(24)22-17(2)19-9-12-23(16-19)15-18-7-5-4-6-8-18/h4-8,17,19H,3,9-16H2,1-2H3,(H,22,24). The Bertz CT molecular complexity index is 554. The van der Waals surface area contributed by atoms with Gasteiger partial charge in [-0.1, -0.05) is 37.3 Å². The van der Waals surface area contributed by atoms with Crippen LogP contribution in [-0.2, 0) is 16.1 Å². The molecule has 2 fully saturated rings. The summed E-state index contributed by atoms with van der Waals surface area (Å²) in [6.07, 6.45) is 3.77. The van der Waals surface area contributed by atoms with Crippen molar-refractivity contribution in [1.29, 1.82) is 0 Å². The predicted molar refractivity (Wildman–Crippen MR) is 100 cm³/mol. The molecule has 2 saturated heterocycles. The van der Waals surface area contributed by atoms with E-state index in [9.17, 15) is 4.79 Å². The minimum absolute atomic E-state index is 0.213. The molecule has 4 heteroatoms. The highest BCUT2D eigenvalue weighted by Crippen LogP contribution is 2.34. The first kappa shape index (κ1) is 18.4. The van der Waals surface area contributed by atoms with Gasteiger partial charge in [-0.25, -0.2) is 0 Å². The van der Waals surface area contributed by atoms with Gasteiger partial charge in [0.25, 0.3) is 0 Å². The molecule has 0 spiro atoms. The topological polar surface area (TPSA) is 41.6 Å². The van der Waals surface area contributed by atoms with Crippen molar-refractivity contribution in [3.05, 3.63) is 35.9 Å². The molecule has 0 aromatic heterocycles. The molecule has 2 atom stereocenters. The van der Waals surface area contributed by atoms with Gasteiger partial charge in [0.1, 0.15) is 0 Å². The molecule has 1 amide bonds. The number of ether oxygens (including phenoxy) is 1. The highest BCUT2D eigenvalue weighted by molar-refractivity contribution is 5.83. The van der Waals surface area contributed by atoms with Crippen molar-refractivity contribution >= 4 is 5.91 Å². The Hall–Kier alpha value is -1.39. The summed E-state index contributed by atoms with van der Waals surface area (Å²) in [5.74, 6) is 0.786. The average molecular weight is 344 g/mol. The van der Waals surface area contributed by atoms with E-state index in [1.807, 2.05) is 0 Å². The third kappa shape index (κ3) is 4.42. The van der Waals surface area contributed by atoms with Crippen LogP contribution in [0.2, 0.25) is 0 Å². The molecule has 0 radical (unpaired) electrons. The highest BCUT2D eigenvalue weighted by atomic mass is 16.5. The Morgan fingerprint density at radius 3 is 2.72 bits per heavy atom. The number of nitrogens with zero attached hydrogens (tertiary/aromatic N) is 1. The van der Waals surface area contributed by atoms with E-state index in [1.165, 1.54) is 5.56 Å². The largest absolute Gasteiger partial charge is 0.381 e. The fraction of sp³-hybridized carbons (Fsp3) is 0.667. The van der Waals surface area contributed by atoms with Gasteiger partial charge in [-0.3, -0.25) is 9.69 Å². The van der Waals surface area contributed by atoms with E-state index in [0.717, 1.165) is 45.3 Å². The second-order valence-corrected chi connectivity index (χ2v) is 7.78. The van der Waals surface area contributed by atoms with Gasteiger partial charge in [0.15, 0.2) is 0 Å². The summed E-state index contributed by atoms with van der Waals surface area (Å²) in [6.45, 7) is 8.93. The van der Waals surface area contributed by atoms with Gasteiger partial charge in [0.05, 0.1) is 5.41 Å². The number of likely N-dealkylation sites (tertiary alicyclic amines) is 1. The van der Waals surface area contributed by atoms with Crippen LogP contribution in [0.1, 0.15) is 45.1 Å². The molecule has 25 heavy (non-hydrogen) atoms. The number of nitrogens with one attached hydrogen (secondary N) is 1. The number of benzene rings is 1. The number of hydrogen-bond acceptors (Lipinski definition) is 3. The van der Waals surface area contributed by atoms with Crippen molar-refractivity contribution in [2.45, 2.75) is 52.1 Å². The summed E-state index contributed by atoms with van der Waals surface area (Å²) in [4.78, 5) is 15.4. The summed E-state index contributed by atoms with van der Waals surface area (Å²) in [5.41, 5.74) is 1.15. The lowest BCUT2D eigenvalue weighted by atomic mass is 9.76. The van der Waals surface area contributed by atoms with Crippen LogP contribution in [-0.4, -0.2) is 43.2 Å². The smallest absolute Gasteiger partial charge is 0.226 e. The van der Waals surface area contributed by atoms with Gasteiger partial charge in [-0.2, -0.15) is 0 Å². The van der Waals surface area contributed by atoms with E-state index in [1.54, 1.807) is 0 Å². The van der Waals surface area contributed by atoms with Crippen molar-refractivity contribution in [1.82, 2.24) is 10.2 Å². The Morgan fingerprint density at radius 1 is 1.32 bits per heavy atom. The zero-order valence-electron chi connectivity index (χ0n) is 15.7. The van der Waals surface area contributed by atoms with Crippen LogP contribution in [0.25, 0.3) is 0 Å². The first-order valence-electron chi connectivity index (χ1n) is 9.78. The van der Waals surface area contributed by atoms with Crippen LogP contribution in [0, 0.1) is 11.3 Å². The summed E-state index contributed by atoms with van der Waals surface area (Å²) in [6, 6.07) is 10.9. The van der Waals surface area contributed by atoms with E-state index in [-0.39, 0.29) is 17.4 Å². The highest BCUT2D eigenvalue weighted by Gasteiger charge is 2.39. The zero-order chi connectivity index (χ0) is 17.7. The zero-order valence-corrected chi connectivity index (χ0v) is 15.7. The minimum atomic E-state index is -0.213. The molecule has 1 aromatic rings. The summed E-state index contributed by atoms with van der Waals surface area (Å²) < 4.78 is 5.47. The maximum absolute atomic E-state index is 12.9. The van der Waals surface area contributed by atoms with Crippen molar-refractivity contribution in [3.8, 4) is 0 Å². The molecule has 1 N–H and O–H groups in total. The minimum Gasteiger partial charge on any atom is -0.381 e. The second-order valence-electron chi connectivity index (χ2n) is 7.78. The maximum atomic E-state index is 12.9. The Labute approximate surface area is 151 Å². The molecule has 0 bridgehead atoms. The molecule has 0 saturated carbocycles. The Balaban J connectivity index is 1.51. The molecule has 1 aromatic carbocycles. The van der Waals surface area contributed by atoms with Gasteiger partial charge in [0.2, 0.25) is 5.91 Å². The van der Waals surface area contributed by atoms with Crippen LogP contribution in [0.3, 0.4) is 0 Å². The number of rotatable bonds is 6. The SMILES string of the molecule is CCC1(C(=O)NC(C)C2CCN(Cc3ccccc3)C2)CCOCC1. The Kier molecular flexibility index (Phi) is 6.13. The number of carbonyl (C=O) groups excluding carboxylic acids is 1. The molecule has 0 aliphatic carbocycles. The van der Waals surface area contributed by atoms with Crippen molar-refractivity contribution in [2.24, 2.45) is 11.3 Å². The van der Waals surface area contributed by atoms with E-state index in [4.69, 9.17) is 4.74 Å². The normalized spacial score (nSPS) is 24.8. The molecule has 2 aliphatic heterocycles. The van der Waals surface area contributed by atoms with Crippen molar-refractivity contribution in [2.75, 3.05) is 26.3 Å². The van der Waals surface area contributed by atoms with E-state index < -0.39 is 0 Å². The van der Waals surface area contributed by atoms with E-state index >= 15 is 0 Å². The number of amides is 1. The lowest BCUT2D eigenvalue weighted by molar-refractivity contribution is -0.138. The number of carbonyl (C=O) groups is 1. The average Bonchev–Trinajstić information content (AvgIpc) is 3.11. The quantitative estimate of drug-likeness (QED) is 0.861. The molecule has 2 aliphatic rings. The van der Waals surface area contributed by atoms with Gasteiger partial charge in [-0.05, 0) is 50.6 Å². The third-order valence-electron chi connectivity index (χ3n) is 6.23. The molecular formula is C21H32N2O2. The molecule has 2 unspecified atom stereocenters. The number of hydrogen-bond donors (Lipinski definition) is 1. The first-order chi connectivity index (χ1) is 12.1. The fourth-order valence-electron chi connectivity index (χ4n) is 4.24. The third-order valence-corrected chi connectivity index (χ3v) is 6.23. The van der Waals surface area contributed by atoms with Crippen LogP contribution in [0.5, 0.6) is 0 Å². The van der Waals surface area contributed by atoms with E-state index in [0.29, 0.717) is 19.1 Å². The van der Waals surface area contributed by atoms with Crippen molar-refractivity contribution in [3.63, 3.8) is 0 Å². The monoisotopic (exact) mass is 344 g/mol. The molecule has 2 heterocycles. The molecular weight excluding hydrogens is 312 g/mol. The van der Waals surface area contributed by atoms with Crippen LogP contribution in [0.4, 0.5) is 0 Å². The van der Waals surface area contributed by atoms with Crippen molar-refractivity contribution < 1.29 is 9.53 Å². The van der Waals surface area contributed by atoms with Gasteiger partial charge >= 0.3 is 0 Å². The van der Waals surface area contributed by atoms with Gasteiger partial charge in [-0.15, -0.1) is 0 Å². The Morgan fingerprint density at radius 2 is 2.04 bits per heavy atom. The lowest BCUT2D eigenvalue weighted by Crippen LogP contribution is -2.49. The van der Waals surface area contributed by atoms with Gasteiger partial charge in [0, 0.05) is 32.3 Å². The van der Waals surface area contributed by atoms with Gasteiger partial charge < -0.3 is 10.1 Å². The second kappa shape index (κ2) is 8.33. The van der Waals surface area contributed by atoms with E-state index in [2.05, 4.69) is 54.4 Å². The summed E-state index contributed by atoms with van der Waals surface area (Å²) >= 11 is 0. The molecule has 3 rings (SSSR count). The fourth-order valence-corrected chi connectivity index (χ4v) is 4.24. The predicted octanol–water partition coefficient (Wildman–Crippen LogP) is 3.22. The maximum Gasteiger partial charge on any atom is 0.226 e. The van der Waals surface area contributed by atoms with Crippen LogP contribution >= 0.6 is 0 Å². The summed E-state index contributed by atoms with van der Waals surface area (Å²) in [7, 11) is 0. The summed E-state index contributed by atoms with van der Waals surface area (Å²) in [5, 5.41) is 3.35. The molecule has 4 nitrogen and oxygen atoms in total. The molecule has 138 valence electrons. The lowest BCUT2D eigenvalue weighted by Gasteiger charge is -2.36. The first-order valence-corrected chi connectivity index (χ1v) is 9.78.